The Morgan fingerprint density at radius 2 is 2.35 bits per heavy atom. The molecule has 2 aliphatic rings. The Kier molecular flexibility index (Phi) is 3.51. The zero-order chi connectivity index (χ0) is 14.1. The quantitative estimate of drug-likeness (QED) is 0.775. The number of pyridine rings is 1. The van der Waals surface area contributed by atoms with Crippen LogP contribution in [0.5, 0.6) is 5.75 Å². The summed E-state index contributed by atoms with van der Waals surface area (Å²) in [5.41, 5.74) is 1.45. The van der Waals surface area contributed by atoms with Crippen LogP contribution in [0.15, 0.2) is 6.07 Å². The molecule has 3 heterocycles. The topological polar surface area (TPSA) is 51.7 Å². The summed E-state index contributed by atoms with van der Waals surface area (Å²) in [5.74, 6) is 1.29. The van der Waals surface area contributed by atoms with Crippen molar-refractivity contribution in [2.45, 2.75) is 38.6 Å². The highest BCUT2D eigenvalue weighted by atomic mass is 16.5. The fourth-order valence-electron chi connectivity index (χ4n) is 3.00. The van der Waals surface area contributed by atoms with Crippen LogP contribution in [-0.2, 0) is 11.2 Å². The van der Waals surface area contributed by atoms with Gasteiger partial charge in [0.1, 0.15) is 0 Å². The van der Waals surface area contributed by atoms with Crippen molar-refractivity contribution in [3.05, 3.63) is 17.3 Å². The number of fused-ring (bicyclic) bond motifs is 1. The number of hydrogen-bond donors (Lipinski definition) is 0. The third-order valence-corrected chi connectivity index (χ3v) is 4.09. The molecule has 1 atom stereocenters. The Labute approximate surface area is 118 Å². The van der Waals surface area contributed by atoms with E-state index < -0.39 is 0 Å². The summed E-state index contributed by atoms with van der Waals surface area (Å²) in [6.07, 6.45) is 4.21. The molecule has 1 aromatic heterocycles. The molecule has 0 saturated carbocycles. The molecule has 0 aliphatic carbocycles. The first-order chi connectivity index (χ1) is 9.70. The summed E-state index contributed by atoms with van der Waals surface area (Å²) in [6, 6.07) is 2.25. The Bertz CT molecular complexity index is 530. The van der Waals surface area contributed by atoms with Crippen LogP contribution in [0.4, 0.5) is 5.82 Å². The summed E-state index contributed by atoms with van der Waals surface area (Å²) < 4.78 is 10.6. The first-order valence-corrected chi connectivity index (χ1v) is 7.22. The second-order valence-corrected chi connectivity index (χ2v) is 5.45. The molecule has 1 saturated heterocycles. The van der Waals surface area contributed by atoms with Crippen molar-refractivity contribution >= 4 is 11.8 Å². The van der Waals surface area contributed by atoms with Crippen molar-refractivity contribution in [2.24, 2.45) is 0 Å². The van der Waals surface area contributed by atoms with E-state index >= 15 is 0 Å². The van der Waals surface area contributed by atoms with E-state index in [1.54, 1.807) is 0 Å². The van der Waals surface area contributed by atoms with E-state index in [1.807, 2.05) is 6.07 Å². The minimum Gasteiger partial charge on any atom is -0.489 e. The summed E-state index contributed by atoms with van der Waals surface area (Å²) >= 11 is 0. The summed E-state index contributed by atoms with van der Waals surface area (Å²) in [4.78, 5) is 18.6. The number of hydrogen-bond acceptors (Lipinski definition) is 5. The van der Waals surface area contributed by atoms with Crippen LogP contribution < -0.4 is 9.64 Å². The van der Waals surface area contributed by atoms with Gasteiger partial charge in [-0.2, -0.15) is 0 Å². The van der Waals surface area contributed by atoms with Gasteiger partial charge in [-0.3, -0.25) is 0 Å². The van der Waals surface area contributed by atoms with E-state index in [0.717, 1.165) is 56.0 Å². The lowest BCUT2D eigenvalue weighted by molar-refractivity contribution is 0.0593. The maximum absolute atomic E-state index is 11.8. The lowest BCUT2D eigenvalue weighted by atomic mass is 10.1. The fourth-order valence-corrected chi connectivity index (χ4v) is 3.00. The van der Waals surface area contributed by atoms with Crippen LogP contribution in [0.25, 0.3) is 0 Å². The zero-order valence-corrected chi connectivity index (χ0v) is 12.0. The number of carbonyl (C=O) groups is 1. The van der Waals surface area contributed by atoms with Crippen molar-refractivity contribution in [1.29, 1.82) is 0 Å². The van der Waals surface area contributed by atoms with Crippen LogP contribution in [-0.4, -0.2) is 37.3 Å². The summed E-state index contributed by atoms with van der Waals surface area (Å²) in [5, 5.41) is 0. The minimum absolute atomic E-state index is 0.380. The molecule has 0 bridgehead atoms. The highest BCUT2D eigenvalue weighted by Gasteiger charge is 2.29. The Morgan fingerprint density at radius 3 is 3.05 bits per heavy atom. The number of ether oxygens (including phenoxy) is 2. The molecule has 108 valence electrons. The molecule has 0 aromatic carbocycles. The lowest BCUT2D eigenvalue weighted by Gasteiger charge is -2.28. The van der Waals surface area contributed by atoms with Gasteiger partial charge in [-0.1, -0.05) is 0 Å². The maximum Gasteiger partial charge on any atom is 0.356 e. The average molecular weight is 276 g/mol. The molecule has 5 nitrogen and oxygen atoms in total. The molecule has 1 aromatic rings. The number of rotatable bonds is 2. The van der Waals surface area contributed by atoms with E-state index in [2.05, 4.69) is 16.8 Å². The summed E-state index contributed by atoms with van der Waals surface area (Å²) in [7, 11) is 1.39. The third kappa shape index (κ3) is 2.21. The van der Waals surface area contributed by atoms with Gasteiger partial charge in [-0.15, -0.1) is 0 Å². The predicted molar refractivity (Wildman–Crippen MR) is 75.4 cm³/mol. The van der Waals surface area contributed by atoms with Crippen LogP contribution in [0.3, 0.4) is 0 Å². The van der Waals surface area contributed by atoms with Crippen LogP contribution in [0.2, 0.25) is 0 Å². The van der Waals surface area contributed by atoms with Crippen molar-refractivity contribution in [1.82, 2.24) is 4.98 Å². The number of aromatic nitrogens is 1. The molecular formula is C15H20N2O3. The molecule has 0 N–H and O–H groups in total. The van der Waals surface area contributed by atoms with Crippen LogP contribution >= 0.6 is 0 Å². The van der Waals surface area contributed by atoms with Gasteiger partial charge in [0.2, 0.25) is 0 Å². The van der Waals surface area contributed by atoms with Gasteiger partial charge < -0.3 is 14.4 Å². The molecule has 20 heavy (non-hydrogen) atoms. The molecule has 3 rings (SSSR count). The average Bonchev–Trinajstić information content (AvgIpc) is 2.91. The van der Waals surface area contributed by atoms with Gasteiger partial charge in [0.25, 0.3) is 0 Å². The predicted octanol–water partition coefficient (Wildman–Crippen LogP) is 2.18. The first-order valence-electron chi connectivity index (χ1n) is 7.22. The molecule has 0 spiro atoms. The molecular weight excluding hydrogens is 256 g/mol. The van der Waals surface area contributed by atoms with Crippen LogP contribution in [0, 0.1) is 0 Å². The zero-order valence-electron chi connectivity index (χ0n) is 12.0. The SMILES string of the molecule is COC(=O)c1cc2c(c(N3CCC[C@@H]3C)n1)OCCC2. The van der Waals surface area contributed by atoms with Crippen molar-refractivity contribution < 1.29 is 14.3 Å². The number of carbonyl (C=O) groups excluding carboxylic acids is 1. The van der Waals surface area contributed by atoms with Gasteiger partial charge in [0.05, 0.1) is 13.7 Å². The second kappa shape index (κ2) is 5.31. The molecule has 0 radical (unpaired) electrons. The van der Waals surface area contributed by atoms with E-state index in [4.69, 9.17) is 9.47 Å². The van der Waals surface area contributed by atoms with Gasteiger partial charge in [0, 0.05) is 18.2 Å². The third-order valence-electron chi connectivity index (χ3n) is 4.09. The van der Waals surface area contributed by atoms with E-state index in [0.29, 0.717) is 11.7 Å². The number of aryl methyl sites for hydroxylation is 1. The van der Waals surface area contributed by atoms with Gasteiger partial charge >= 0.3 is 5.97 Å². The highest BCUT2D eigenvalue weighted by molar-refractivity contribution is 5.88. The van der Waals surface area contributed by atoms with Crippen molar-refractivity contribution in [3.63, 3.8) is 0 Å². The number of nitrogens with zero attached hydrogens (tertiary/aromatic N) is 2. The molecule has 1 fully saturated rings. The standard InChI is InChI=1S/C15H20N2O3/c1-10-5-3-7-17(10)14-13-11(6-4-8-20-13)9-12(16-14)15(18)19-2/h9-10H,3-8H2,1-2H3/t10-/m0/s1. The van der Waals surface area contributed by atoms with E-state index in [-0.39, 0.29) is 5.97 Å². The highest BCUT2D eigenvalue weighted by Crippen LogP contribution is 2.37. The summed E-state index contributed by atoms with van der Waals surface area (Å²) in [6.45, 7) is 3.88. The maximum atomic E-state index is 11.8. The molecule has 2 aliphatic heterocycles. The smallest absolute Gasteiger partial charge is 0.356 e. The largest absolute Gasteiger partial charge is 0.489 e. The van der Waals surface area contributed by atoms with Gasteiger partial charge in [-0.05, 0) is 38.7 Å². The van der Waals surface area contributed by atoms with Gasteiger partial charge in [-0.25, -0.2) is 9.78 Å². The molecule has 5 heteroatoms. The van der Waals surface area contributed by atoms with Crippen LogP contribution in [0.1, 0.15) is 42.2 Å². The minimum atomic E-state index is -0.383. The molecule has 0 amide bonds. The Balaban J connectivity index is 2.07. The first kappa shape index (κ1) is 13.2. The Morgan fingerprint density at radius 1 is 1.50 bits per heavy atom. The second-order valence-electron chi connectivity index (χ2n) is 5.45. The number of methoxy groups -OCH3 is 1. The normalized spacial score (nSPS) is 21.3. The lowest BCUT2D eigenvalue weighted by Crippen LogP contribution is -2.29. The monoisotopic (exact) mass is 276 g/mol. The fraction of sp³-hybridized carbons (Fsp3) is 0.600. The van der Waals surface area contributed by atoms with E-state index in [1.165, 1.54) is 7.11 Å². The van der Waals surface area contributed by atoms with Crippen molar-refractivity contribution in [2.75, 3.05) is 25.2 Å². The number of anilines is 1. The Hall–Kier alpha value is -1.78. The van der Waals surface area contributed by atoms with E-state index in [9.17, 15) is 4.79 Å². The molecule has 0 unspecified atom stereocenters. The number of esters is 1. The van der Waals surface area contributed by atoms with Gasteiger partial charge in [0.15, 0.2) is 17.3 Å². The van der Waals surface area contributed by atoms with Crippen molar-refractivity contribution in [3.8, 4) is 5.75 Å².